The van der Waals surface area contributed by atoms with Crippen LogP contribution in [0.4, 0.5) is 13.2 Å². The molecule has 2 aromatic heterocycles. The maximum atomic E-state index is 12.5. The van der Waals surface area contributed by atoms with Gasteiger partial charge in [-0.25, -0.2) is 0 Å². The van der Waals surface area contributed by atoms with E-state index >= 15 is 0 Å². The molecular formula is C12H13F3N4O. The maximum absolute atomic E-state index is 12.5. The van der Waals surface area contributed by atoms with E-state index in [1.54, 1.807) is 7.05 Å². The normalized spacial score (nSPS) is 13.3. The van der Waals surface area contributed by atoms with Gasteiger partial charge >= 0.3 is 6.18 Å². The summed E-state index contributed by atoms with van der Waals surface area (Å²) in [5, 5.41) is 3.99. The number of hydrogen-bond acceptors (Lipinski definition) is 4. The van der Waals surface area contributed by atoms with Crippen LogP contribution in [0.15, 0.2) is 24.5 Å². The second kappa shape index (κ2) is 5.12. The Morgan fingerprint density at radius 2 is 2.00 bits per heavy atom. The number of nitrogens with two attached hydrogens (primary N) is 1. The third kappa shape index (κ3) is 2.60. The average Bonchev–Trinajstić information content (AvgIpc) is 2.78. The fourth-order valence-corrected chi connectivity index (χ4v) is 1.84. The Balaban J connectivity index is 2.34. The lowest BCUT2D eigenvalue weighted by Crippen LogP contribution is -2.18. The smallest absolute Gasteiger partial charge is 0.417 e. The van der Waals surface area contributed by atoms with Gasteiger partial charge in [-0.2, -0.15) is 18.3 Å². The molecular weight excluding hydrogens is 273 g/mol. The number of aromatic nitrogens is 3. The minimum absolute atomic E-state index is 0.305. The van der Waals surface area contributed by atoms with Crippen LogP contribution < -0.4 is 10.5 Å². The Morgan fingerprint density at radius 3 is 2.50 bits per heavy atom. The molecule has 0 fully saturated rings. The molecule has 2 aromatic rings. The number of rotatable bonds is 3. The van der Waals surface area contributed by atoms with Crippen LogP contribution in [0.1, 0.15) is 23.0 Å². The molecule has 5 nitrogen and oxygen atoms in total. The zero-order valence-corrected chi connectivity index (χ0v) is 10.8. The Kier molecular flexibility index (Phi) is 3.67. The van der Waals surface area contributed by atoms with E-state index in [1.165, 1.54) is 24.1 Å². The Labute approximate surface area is 113 Å². The van der Waals surface area contributed by atoms with E-state index in [1.807, 2.05) is 0 Å². The van der Waals surface area contributed by atoms with Gasteiger partial charge in [0.15, 0.2) is 5.75 Å². The van der Waals surface area contributed by atoms with Crippen molar-refractivity contribution in [2.24, 2.45) is 12.8 Å². The zero-order valence-electron chi connectivity index (χ0n) is 10.8. The third-order valence-corrected chi connectivity index (χ3v) is 2.90. The number of halogens is 3. The van der Waals surface area contributed by atoms with E-state index in [0.29, 0.717) is 17.1 Å². The summed E-state index contributed by atoms with van der Waals surface area (Å²) in [6.45, 7) is 0. The van der Waals surface area contributed by atoms with Crippen molar-refractivity contribution in [3.8, 4) is 5.75 Å². The van der Waals surface area contributed by atoms with E-state index < -0.39 is 17.8 Å². The monoisotopic (exact) mass is 286 g/mol. The molecule has 0 radical (unpaired) electrons. The first-order valence-electron chi connectivity index (χ1n) is 5.69. The minimum Gasteiger partial charge on any atom is -0.493 e. The van der Waals surface area contributed by atoms with E-state index in [-0.39, 0.29) is 0 Å². The highest BCUT2D eigenvalue weighted by atomic mass is 19.4. The molecule has 0 saturated heterocycles. The van der Waals surface area contributed by atoms with Gasteiger partial charge in [0.1, 0.15) is 5.69 Å². The standard InChI is InChI=1S/C12H13F3N4O/c1-19-11(9(20-2)6-18-19)10(16)8-4-3-7(5-17-8)12(13,14)15/h3-6,10H,16H2,1-2H3. The number of pyridine rings is 1. The van der Waals surface area contributed by atoms with Gasteiger partial charge in [-0.3, -0.25) is 9.67 Å². The fourth-order valence-electron chi connectivity index (χ4n) is 1.84. The highest BCUT2D eigenvalue weighted by molar-refractivity contribution is 5.34. The lowest BCUT2D eigenvalue weighted by atomic mass is 10.1. The molecule has 1 atom stereocenters. The molecule has 2 rings (SSSR count). The Morgan fingerprint density at radius 1 is 1.30 bits per heavy atom. The second-order valence-corrected chi connectivity index (χ2v) is 4.17. The Bertz CT molecular complexity index is 592. The molecule has 0 saturated carbocycles. The van der Waals surface area contributed by atoms with Crippen LogP contribution in [0, 0.1) is 0 Å². The molecule has 0 spiro atoms. The van der Waals surface area contributed by atoms with Crippen LogP contribution in [-0.4, -0.2) is 21.9 Å². The SMILES string of the molecule is COc1cnn(C)c1C(N)c1ccc(C(F)(F)F)cn1. The highest BCUT2D eigenvalue weighted by Gasteiger charge is 2.31. The summed E-state index contributed by atoms with van der Waals surface area (Å²) in [6, 6.07) is 1.48. The van der Waals surface area contributed by atoms with Gasteiger partial charge in [-0.05, 0) is 12.1 Å². The molecule has 108 valence electrons. The predicted molar refractivity (Wildman–Crippen MR) is 65.0 cm³/mol. The summed E-state index contributed by atoms with van der Waals surface area (Å²) in [7, 11) is 3.13. The molecule has 0 bridgehead atoms. The summed E-state index contributed by atoms with van der Waals surface area (Å²) in [5.41, 5.74) is 6.04. The van der Waals surface area contributed by atoms with Crippen molar-refractivity contribution in [3.05, 3.63) is 41.5 Å². The molecule has 20 heavy (non-hydrogen) atoms. The van der Waals surface area contributed by atoms with E-state index in [9.17, 15) is 13.2 Å². The van der Waals surface area contributed by atoms with Crippen molar-refractivity contribution in [1.82, 2.24) is 14.8 Å². The van der Waals surface area contributed by atoms with Crippen LogP contribution in [0.25, 0.3) is 0 Å². The summed E-state index contributed by atoms with van der Waals surface area (Å²) < 4.78 is 44.0. The van der Waals surface area contributed by atoms with Gasteiger partial charge in [0, 0.05) is 13.2 Å². The molecule has 8 heteroatoms. The van der Waals surface area contributed by atoms with Crippen molar-refractivity contribution >= 4 is 0 Å². The summed E-state index contributed by atoms with van der Waals surface area (Å²) >= 11 is 0. The van der Waals surface area contributed by atoms with Gasteiger partial charge in [0.25, 0.3) is 0 Å². The quantitative estimate of drug-likeness (QED) is 0.935. The lowest BCUT2D eigenvalue weighted by molar-refractivity contribution is -0.137. The fraction of sp³-hybridized carbons (Fsp3) is 0.333. The zero-order chi connectivity index (χ0) is 14.9. The summed E-state index contributed by atoms with van der Waals surface area (Å²) in [5.74, 6) is 0.460. The molecule has 0 aliphatic heterocycles. The molecule has 0 aliphatic rings. The van der Waals surface area contributed by atoms with Crippen LogP contribution in [0.2, 0.25) is 0 Å². The van der Waals surface area contributed by atoms with Crippen LogP contribution in [-0.2, 0) is 13.2 Å². The van der Waals surface area contributed by atoms with Crippen molar-refractivity contribution < 1.29 is 17.9 Å². The van der Waals surface area contributed by atoms with Crippen LogP contribution in [0.5, 0.6) is 5.75 Å². The predicted octanol–water partition coefficient (Wildman–Crippen LogP) is 1.89. The topological polar surface area (TPSA) is 66.0 Å². The van der Waals surface area contributed by atoms with Crippen molar-refractivity contribution in [2.45, 2.75) is 12.2 Å². The van der Waals surface area contributed by atoms with Gasteiger partial charge in [-0.1, -0.05) is 0 Å². The number of hydrogen-bond donors (Lipinski definition) is 1. The van der Waals surface area contributed by atoms with Crippen molar-refractivity contribution in [1.29, 1.82) is 0 Å². The minimum atomic E-state index is -4.42. The molecule has 0 aliphatic carbocycles. The largest absolute Gasteiger partial charge is 0.493 e. The van der Waals surface area contributed by atoms with Crippen molar-refractivity contribution in [3.63, 3.8) is 0 Å². The molecule has 2 heterocycles. The number of alkyl halides is 3. The Hall–Kier alpha value is -2.09. The summed E-state index contributed by atoms with van der Waals surface area (Å²) in [6.07, 6.45) is -2.17. The van der Waals surface area contributed by atoms with E-state index in [2.05, 4.69) is 10.1 Å². The number of methoxy groups -OCH3 is 1. The van der Waals surface area contributed by atoms with Crippen LogP contribution >= 0.6 is 0 Å². The molecule has 0 amide bonds. The first kappa shape index (κ1) is 14.3. The van der Waals surface area contributed by atoms with E-state index in [4.69, 9.17) is 10.5 Å². The van der Waals surface area contributed by atoms with Gasteiger partial charge in [0.05, 0.1) is 30.6 Å². The molecule has 0 aromatic carbocycles. The third-order valence-electron chi connectivity index (χ3n) is 2.90. The van der Waals surface area contributed by atoms with Gasteiger partial charge in [0.2, 0.25) is 0 Å². The maximum Gasteiger partial charge on any atom is 0.417 e. The number of aryl methyl sites for hydroxylation is 1. The highest BCUT2D eigenvalue weighted by Crippen LogP contribution is 2.30. The van der Waals surface area contributed by atoms with Gasteiger partial charge in [-0.15, -0.1) is 0 Å². The first-order chi connectivity index (χ1) is 9.34. The van der Waals surface area contributed by atoms with E-state index in [0.717, 1.165) is 12.3 Å². The lowest BCUT2D eigenvalue weighted by Gasteiger charge is -2.14. The summed E-state index contributed by atoms with van der Waals surface area (Å²) in [4.78, 5) is 3.78. The number of ether oxygens (including phenoxy) is 1. The van der Waals surface area contributed by atoms with Crippen LogP contribution in [0.3, 0.4) is 0 Å². The number of nitrogens with zero attached hydrogens (tertiary/aromatic N) is 3. The first-order valence-corrected chi connectivity index (χ1v) is 5.69. The average molecular weight is 286 g/mol. The van der Waals surface area contributed by atoms with Gasteiger partial charge < -0.3 is 10.5 Å². The van der Waals surface area contributed by atoms with Crippen molar-refractivity contribution in [2.75, 3.05) is 7.11 Å². The molecule has 1 unspecified atom stereocenters. The molecule has 2 N–H and O–H groups in total. The second-order valence-electron chi connectivity index (χ2n) is 4.17.